The molecule has 0 aliphatic carbocycles. The highest BCUT2D eigenvalue weighted by Crippen LogP contribution is 2.53. The van der Waals surface area contributed by atoms with Crippen LogP contribution in [0.5, 0.6) is 0 Å². The van der Waals surface area contributed by atoms with E-state index in [0.717, 1.165) is 0 Å². The fourth-order valence-corrected chi connectivity index (χ4v) is 7.48. The zero-order valence-corrected chi connectivity index (χ0v) is 20.3. The minimum absolute atomic E-state index is 0.0752. The predicted molar refractivity (Wildman–Crippen MR) is 152 cm³/mol. The van der Waals surface area contributed by atoms with Crippen molar-refractivity contribution in [3.8, 4) is 11.1 Å². The van der Waals surface area contributed by atoms with Gasteiger partial charge in [0.05, 0.1) is 5.69 Å². The third-order valence-electron chi connectivity index (χ3n) is 8.95. The standard InChI is InChI=1S/C33H23BN2/c1-33(2)24-14-4-6-18-28(24)35-29-19-8-11-21-23-13-7-12-22-20-10-3-5-17-27(20)36(31(22)23)34(30(21)29)26-16-9-15-25(33)32(26)35/h3-19H,1-2H3. The lowest BCUT2D eigenvalue weighted by Crippen LogP contribution is -2.58. The van der Waals surface area contributed by atoms with Crippen molar-refractivity contribution in [2.45, 2.75) is 19.3 Å². The molecule has 2 nitrogen and oxygen atoms in total. The van der Waals surface area contributed by atoms with Crippen LogP contribution in [0.1, 0.15) is 25.0 Å². The Labute approximate surface area is 210 Å². The monoisotopic (exact) mass is 458 g/mol. The van der Waals surface area contributed by atoms with Gasteiger partial charge in [-0.2, -0.15) is 0 Å². The van der Waals surface area contributed by atoms with Gasteiger partial charge in [-0.1, -0.05) is 98.8 Å². The minimum Gasteiger partial charge on any atom is -0.375 e. The number of hydrogen-bond acceptors (Lipinski definition) is 1. The molecular weight excluding hydrogens is 435 g/mol. The van der Waals surface area contributed by atoms with E-state index in [4.69, 9.17) is 0 Å². The zero-order valence-electron chi connectivity index (χ0n) is 20.3. The van der Waals surface area contributed by atoms with Crippen LogP contribution < -0.4 is 15.8 Å². The molecule has 0 fully saturated rings. The van der Waals surface area contributed by atoms with Crippen LogP contribution in [-0.4, -0.2) is 11.3 Å². The van der Waals surface area contributed by atoms with Gasteiger partial charge in [-0.05, 0) is 45.8 Å². The molecule has 36 heavy (non-hydrogen) atoms. The zero-order chi connectivity index (χ0) is 23.8. The van der Waals surface area contributed by atoms with Crippen LogP contribution in [0.4, 0.5) is 17.1 Å². The molecule has 0 atom stereocenters. The first-order chi connectivity index (χ1) is 17.7. The molecule has 3 heteroatoms. The summed E-state index contributed by atoms with van der Waals surface area (Å²) in [5.74, 6) is 0. The lowest BCUT2D eigenvalue weighted by atomic mass is 9.44. The van der Waals surface area contributed by atoms with Gasteiger partial charge in [0.1, 0.15) is 0 Å². The van der Waals surface area contributed by atoms with Crippen molar-refractivity contribution < 1.29 is 0 Å². The van der Waals surface area contributed by atoms with Gasteiger partial charge in [-0.3, -0.25) is 0 Å². The second-order valence-corrected chi connectivity index (χ2v) is 11.0. The largest absolute Gasteiger partial charge is 0.375 e. The second-order valence-electron chi connectivity index (χ2n) is 11.0. The number of aromatic nitrogens is 1. The van der Waals surface area contributed by atoms with Crippen LogP contribution >= 0.6 is 0 Å². The summed E-state index contributed by atoms with van der Waals surface area (Å²) in [5.41, 5.74) is 14.9. The molecule has 5 aromatic carbocycles. The number of fused-ring (bicyclic) bond motifs is 9. The summed E-state index contributed by atoms with van der Waals surface area (Å²) in [5, 5.41) is 2.68. The predicted octanol–water partition coefficient (Wildman–Crippen LogP) is 6.85. The fourth-order valence-electron chi connectivity index (χ4n) is 7.48. The first kappa shape index (κ1) is 19.0. The van der Waals surface area contributed by atoms with Gasteiger partial charge in [-0.15, -0.1) is 0 Å². The molecule has 0 amide bonds. The molecular formula is C33H23BN2. The molecule has 0 N–H and O–H groups in total. The maximum absolute atomic E-state index is 2.63. The van der Waals surface area contributed by atoms with Gasteiger partial charge in [0.2, 0.25) is 0 Å². The first-order valence-electron chi connectivity index (χ1n) is 12.8. The van der Waals surface area contributed by atoms with Gasteiger partial charge in [0.15, 0.2) is 0 Å². The summed E-state index contributed by atoms with van der Waals surface area (Å²) < 4.78 is 2.63. The molecule has 4 heterocycles. The Bertz CT molecular complexity index is 1940. The number of para-hydroxylation sites is 4. The normalized spacial score (nSPS) is 15.6. The Morgan fingerprint density at radius 3 is 2.25 bits per heavy atom. The fraction of sp³-hybridized carbons (Fsp3) is 0.0909. The highest BCUT2D eigenvalue weighted by atomic mass is 15.2. The number of rotatable bonds is 0. The maximum Gasteiger partial charge on any atom is 0.333 e. The Balaban J connectivity index is 1.52. The van der Waals surface area contributed by atoms with Crippen LogP contribution in [0.2, 0.25) is 0 Å². The SMILES string of the molecule is CC1(C)c2ccccc2N2c3cccc4c3B(c3cccc1c32)n1c2ccccc2c2cccc-4c21. The molecule has 168 valence electrons. The van der Waals surface area contributed by atoms with Crippen molar-refractivity contribution in [2.24, 2.45) is 0 Å². The van der Waals surface area contributed by atoms with Gasteiger partial charge in [-0.25, -0.2) is 0 Å². The van der Waals surface area contributed by atoms with Gasteiger partial charge in [0.25, 0.3) is 0 Å². The van der Waals surface area contributed by atoms with Crippen molar-refractivity contribution >= 4 is 56.6 Å². The highest BCUT2D eigenvalue weighted by Gasteiger charge is 2.47. The topological polar surface area (TPSA) is 8.17 Å². The summed E-state index contributed by atoms with van der Waals surface area (Å²) in [7, 11) is 0. The van der Waals surface area contributed by atoms with Crippen molar-refractivity contribution in [3.05, 3.63) is 114 Å². The molecule has 0 bridgehead atoms. The molecule has 9 rings (SSSR count). The Morgan fingerprint density at radius 1 is 0.611 bits per heavy atom. The summed E-state index contributed by atoms with van der Waals surface area (Å²) in [6, 6.07) is 38.6. The van der Waals surface area contributed by atoms with E-state index in [0.29, 0.717) is 0 Å². The van der Waals surface area contributed by atoms with Crippen LogP contribution in [0.3, 0.4) is 0 Å². The van der Waals surface area contributed by atoms with Crippen molar-refractivity contribution in [1.29, 1.82) is 0 Å². The Kier molecular flexibility index (Phi) is 3.23. The molecule has 0 unspecified atom stereocenters. The molecule has 3 aliphatic heterocycles. The minimum atomic E-state index is -0.0752. The third kappa shape index (κ3) is 1.97. The van der Waals surface area contributed by atoms with E-state index in [1.165, 1.54) is 72.0 Å². The van der Waals surface area contributed by atoms with E-state index in [9.17, 15) is 0 Å². The lowest BCUT2D eigenvalue weighted by Gasteiger charge is -2.48. The smallest absolute Gasteiger partial charge is 0.333 e. The van der Waals surface area contributed by atoms with E-state index in [1.54, 1.807) is 0 Å². The molecule has 0 radical (unpaired) electrons. The molecule has 0 spiro atoms. The van der Waals surface area contributed by atoms with Crippen LogP contribution in [-0.2, 0) is 5.41 Å². The van der Waals surface area contributed by atoms with Crippen molar-refractivity contribution in [2.75, 3.05) is 4.90 Å². The average molecular weight is 458 g/mol. The molecule has 3 aliphatic rings. The highest BCUT2D eigenvalue weighted by molar-refractivity contribution is 6.90. The van der Waals surface area contributed by atoms with E-state index < -0.39 is 0 Å². The summed E-state index contributed by atoms with van der Waals surface area (Å²) in [4.78, 5) is 2.55. The molecule has 0 saturated carbocycles. The van der Waals surface area contributed by atoms with E-state index >= 15 is 0 Å². The van der Waals surface area contributed by atoms with Crippen molar-refractivity contribution in [1.82, 2.24) is 4.48 Å². The lowest BCUT2D eigenvalue weighted by molar-refractivity contribution is 0.632. The number of anilines is 3. The van der Waals surface area contributed by atoms with E-state index in [2.05, 4.69) is 126 Å². The molecule has 1 aromatic heterocycles. The van der Waals surface area contributed by atoms with Gasteiger partial charge >= 0.3 is 6.85 Å². The third-order valence-corrected chi connectivity index (χ3v) is 8.95. The van der Waals surface area contributed by atoms with E-state index in [1.807, 2.05) is 0 Å². The van der Waals surface area contributed by atoms with Gasteiger partial charge in [0, 0.05) is 44.2 Å². The molecule has 0 saturated heterocycles. The second kappa shape index (κ2) is 6.11. The number of benzene rings is 5. The summed E-state index contributed by atoms with van der Waals surface area (Å²) in [6.45, 7) is 4.90. The first-order valence-corrected chi connectivity index (χ1v) is 12.8. The van der Waals surface area contributed by atoms with Crippen molar-refractivity contribution in [3.63, 3.8) is 0 Å². The van der Waals surface area contributed by atoms with Crippen LogP contribution in [0.15, 0.2) is 103 Å². The Morgan fingerprint density at radius 2 is 1.31 bits per heavy atom. The summed E-state index contributed by atoms with van der Waals surface area (Å²) in [6.07, 6.45) is 0. The van der Waals surface area contributed by atoms with Crippen LogP contribution in [0.25, 0.3) is 32.9 Å². The van der Waals surface area contributed by atoms with Crippen LogP contribution in [0, 0.1) is 0 Å². The quantitative estimate of drug-likeness (QED) is 0.226. The van der Waals surface area contributed by atoms with E-state index in [-0.39, 0.29) is 12.3 Å². The Hall–Kier alpha value is -4.24. The molecule has 6 aromatic rings. The van der Waals surface area contributed by atoms with Gasteiger partial charge < -0.3 is 9.38 Å². The summed E-state index contributed by atoms with van der Waals surface area (Å²) >= 11 is 0. The number of nitrogens with zero attached hydrogens (tertiary/aromatic N) is 2. The maximum atomic E-state index is 2.63. The average Bonchev–Trinajstić information content (AvgIpc) is 3.25. The number of hydrogen-bond donors (Lipinski definition) is 0.